The lowest BCUT2D eigenvalue weighted by Gasteiger charge is -2.22. The van der Waals surface area contributed by atoms with Crippen LogP contribution < -0.4 is 14.4 Å². The average molecular weight is 362 g/mol. The third-order valence-corrected chi connectivity index (χ3v) is 4.60. The fraction of sp³-hybridized carbons (Fsp3) is 0.278. The molecule has 0 saturated carbocycles. The Bertz CT molecular complexity index is 815. The number of hydrogen-bond donors (Lipinski definition) is 1. The molecule has 0 fully saturated rings. The normalized spacial score (nSPS) is 11.0. The maximum absolute atomic E-state index is 12.3. The summed E-state index contributed by atoms with van der Waals surface area (Å²) in [6.45, 7) is 4.06. The molecule has 0 spiro atoms. The second kappa shape index (κ2) is 8.02. The van der Waals surface area contributed by atoms with E-state index in [4.69, 9.17) is 4.74 Å². The van der Waals surface area contributed by atoms with Crippen LogP contribution in [-0.4, -0.2) is 33.7 Å². The van der Waals surface area contributed by atoms with Crippen molar-refractivity contribution in [3.63, 3.8) is 0 Å². The van der Waals surface area contributed by atoms with Crippen LogP contribution in [0.2, 0.25) is 0 Å². The summed E-state index contributed by atoms with van der Waals surface area (Å²) in [6.07, 6.45) is 1.08. The number of hydrogen-bond acceptors (Lipinski definition) is 4. The number of carbonyl (C=O) groups is 1. The molecule has 6 nitrogen and oxygen atoms in total. The molecular formula is C18H22N2O4S. The Morgan fingerprint density at radius 3 is 2.20 bits per heavy atom. The molecule has 0 aliphatic rings. The number of carbonyl (C=O) groups excluding carboxylic acids is 1. The Kier molecular flexibility index (Phi) is 6.03. The quantitative estimate of drug-likeness (QED) is 0.822. The zero-order valence-electron chi connectivity index (χ0n) is 14.5. The van der Waals surface area contributed by atoms with Gasteiger partial charge in [0.25, 0.3) is 0 Å². The monoisotopic (exact) mass is 362 g/mol. The van der Waals surface area contributed by atoms with Crippen molar-refractivity contribution in [2.75, 3.05) is 29.0 Å². The minimum absolute atomic E-state index is 0.297. The topological polar surface area (TPSA) is 75.7 Å². The highest BCUT2D eigenvalue weighted by Gasteiger charge is 2.20. The van der Waals surface area contributed by atoms with Gasteiger partial charge in [-0.2, -0.15) is 0 Å². The fourth-order valence-electron chi connectivity index (χ4n) is 2.24. The highest BCUT2D eigenvalue weighted by Crippen LogP contribution is 2.19. The zero-order chi connectivity index (χ0) is 18.4. The second-order valence-corrected chi connectivity index (χ2v) is 7.52. The van der Waals surface area contributed by atoms with E-state index in [1.807, 2.05) is 13.8 Å². The fourth-order valence-corrected chi connectivity index (χ4v) is 3.10. The summed E-state index contributed by atoms with van der Waals surface area (Å²) in [6, 6.07) is 13.9. The number of benzene rings is 2. The lowest BCUT2D eigenvalue weighted by atomic mass is 10.2. The van der Waals surface area contributed by atoms with E-state index in [9.17, 15) is 13.2 Å². The maximum atomic E-state index is 12.3. The molecule has 1 amide bonds. The van der Waals surface area contributed by atoms with E-state index in [2.05, 4.69) is 5.32 Å². The van der Waals surface area contributed by atoms with Crippen LogP contribution >= 0.6 is 0 Å². The van der Waals surface area contributed by atoms with Gasteiger partial charge in [-0.15, -0.1) is 0 Å². The molecule has 134 valence electrons. The van der Waals surface area contributed by atoms with Gasteiger partial charge in [0.1, 0.15) is 12.3 Å². The van der Waals surface area contributed by atoms with Gasteiger partial charge in [-0.3, -0.25) is 9.10 Å². The van der Waals surface area contributed by atoms with E-state index in [1.54, 1.807) is 48.5 Å². The summed E-state index contributed by atoms with van der Waals surface area (Å²) in [7, 11) is -3.58. The van der Waals surface area contributed by atoms with Crippen molar-refractivity contribution in [2.45, 2.75) is 13.8 Å². The summed E-state index contributed by atoms with van der Waals surface area (Å²) < 4.78 is 30.5. The average Bonchev–Trinajstić information content (AvgIpc) is 2.55. The molecule has 0 aliphatic heterocycles. The van der Waals surface area contributed by atoms with Crippen LogP contribution in [0.3, 0.4) is 0 Å². The van der Waals surface area contributed by atoms with E-state index in [-0.39, 0.29) is 6.54 Å². The van der Waals surface area contributed by atoms with Gasteiger partial charge in [-0.25, -0.2) is 8.42 Å². The Labute approximate surface area is 148 Å². The van der Waals surface area contributed by atoms with Crippen LogP contribution in [0.5, 0.6) is 5.75 Å². The SMILES string of the molecule is CCOc1ccc(NC(=O)CN(c2ccc(C)cc2)S(C)(=O)=O)cc1. The van der Waals surface area contributed by atoms with E-state index in [0.717, 1.165) is 16.1 Å². The molecule has 0 heterocycles. The molecule has 0 aromatic heterocycles. The Balaban J connectivity index is 2.10. The van der Waals surface area contributed by atoms with Gasteiger partial charge in [0.2, 0.25) is 15.9 Å². The van der Waals surface area contributed by atoms with Gasteiger partial charge in [-0.1, -0.05) is 17.7 Å². The van der Waals surface area contributed by atoms with Gasteiger partial charge < -0.3 is 10.1 Å². The first-order valence-electron chi connectivity index (χ1n) is 7.86. The Morgan fingerprint density at radius 1 is 1.08 bits per heavy atom. The number of nitrogens with one attached hydrogen (secondary N) is 1. The molecule has 0 unspecified atom stereocenters. The largest absolute Gasteiger partial charge is 0.494 e. The number of rotatable bonds is 7. The maximum Gasteiger partial charge on any atom is 0.245 e. The molecule has 7 heteroatoms. The molecule has 0 bridgehead atoms. The van der Waals surface area contributed by atoms with Crippen LogP contribution in [0, 0.1) is 6.92 Å². The van der Waals surface area contributed by atoms with E-state index in [0.29, 0.717) is 23.7 Å². The molecule has 0 atom stereocenters. The number of aryl methyl sites for hydroxylation is 1. The molecule has 25 heavy (non-hydrogen) atoms. The number of nitrogens with zero attached hydrogens (tertiary/aromatic N) is 1. The summed E-state index contributed by atoms with van der Waals surface area (Å²) in [5.74, 6) is 0.285. The second-order valence-electron chi connectivity index (χ2n) is 5.61. The molecule has 1 N–H and O–H groups in total. The van der Waals surface area contributed by atoms with Crippen LogP contribution in [0.4, 0.5) is 11.4 Å². The lowest BCUT2D eigenvalue weighted by Crippen LogP contribution is -2.37. The van der Waals surface area contributed by atoms with Crippen molar-refractivity contribution in [2.24, 2.45) is 0 Å². The first kappa shape index (κ1) is 18.8. The highest BCUT2D eigenvalue weighted by atomic mass is 32.2. The smallest absolute Gasteiger partial charge is 0.245 e. The van der Waals surface area contributed by atoms with Crippen molar-refractivity contribution in [3.8, 4) is 5.75 Å². The number of ether oxygens (including phenoxy) is 1. The van der Waals surface area contributed by atoms with Crippen molar-refractivity contribution in [1.29, 1.82) is 0 Å². The van der Waals surface area contributed by atoms with Gasteiger partial charge in [0, 0.05) is 5.69 Å². The molecule has 0 aliphatic carbocycles. The van der Waals surface area contributed by atoms with E-state index < -0.39 is 15.9 Å². The summed E-state index contributed by atoms with van der Waals surface area (Å²) >= 11 is 0. The van der Waals surface area contributed by atoms with Gasteiger partial charge in [0.05, 0.1) is 18.6 Å². The Morgan fingerprint density at radius 2 is 1.68 bits per heavy atom. The third kappa shape index (κ3) is 5.49. The van der Waals surface area contributed by atoms with E-state index in [1.165, 1.54) is 0 Å². The zero-order valence-corrected chi connectivity index (χ0v) is 15.3. The number of anilines is 2. The molecule has 0 radical (unpaired) electrons. The van der Waals surface area contributed by atoms with Gasteiger partial charge in [0.15, 0.2) is 0 Å². The first-order valence-corrected chi connectivity index (χ1v) is 9.71. The predicted octanol–water partition coefficient (Wildman–Crippen LogP) is 2.80. The standard InChI is InChI=1S/C18H22N2O4S/c1-4-24-17-11-7-15(8-12-17)19-18(21)13-20(25(3,22)23)16-9-5-14(2)6-10-16/h5-12H,4,13H2,1-3H3,(H,19,21). The molecule has 2 aromatic carbocycles. The Hall–Kier alpha value is -2.54. The first-order chi connectivity index (χ1) is 11.8. The van der Waals surface area contributed by atoms with Crippen molar-refractivity contribution >= 4 is 27.3 Å². The summed E-state index contributed by atoms with van der Waals surface area (Å²) in [4.78, 5) is 12.3. The minimum Gasteiger partial charge on any atom is -0.494 e. The van der Waals surface area contributed by atoms with Gasteiger partial charge in [-0.05, 0) is 50.2 Å². The third-order valence-electron chi connectivity index (χ3n) is 3.46. The van der Waals surface area contributed by atoms with Gasteiger partial charge >= 0.3 is 0 Å². The van der Waals surface area contributed by atoms with Crippen LogP contribution in [0.1, 0.15) is 12.5 Å². The van der Waals surface area contributed by atoms with Crippen LogP contribution in [-0.2, 0) is 14.8 Å². The minimum atomic E-state index is -3.58. The number of amides is 1. The summed E-state index contributed by atoms with van der Waals surface area (Å²) in [5, 5.41) is 2.69. The molecular weight excluding hydrogens is 340 g/mol. The molecule has 2 aromatic rings. The molecule has 0 saturated heterocycles. The van der Waals surface area contributed by atoms with Crippen LogP contribution in [0.15, 0.2) is 48.5 Å². The van der Waals surface area contributed by atoms with Crippen molar-refractivity contribution in [3.05, 3.63) is 54.1 Å². The van der Waals surface area contributed by atoms with Crippen molar-refractivity contribution < 1.29 is 17.9 Å². The highest BCUT2D eigenvalue weighted by molar-refractivity contribution is 7.92. The number of sulfonamides is 1. The predicted molar refractivity (Wildman–Crippen MR) is 99.6 cm³/mol. The van der Waals surface area contributed by atoms with E-state index >= 15 is 0 Å². The van der Waals surface area contributed by atoms with Crippen LogP contribution in [0.25, 0.3) is 0 Å². The summed E-state index contributed by atoms with van der Waals surface area (Å²) in [5.41, 5.74) is 2.04. The van der Waals surface area contributed by atoms with Crippen molar-refractivity contribution in [1.82, 2.24) is 0 Å². The lowest BCUT2D eigenvalue weighted by molar-refractivity contribution is -0.114. The molecule has 2 rings (SSSR count).